The zero-order chi connectivity index (χ0) is 11.0. The number of hydrogen-bond acceptors (Lipinski definition) is 1. The van der Waals surface area contributed by atoms with E-state index in [4.69, 9.17) is 11.6 Å². The second kappa shape index (κ2) is 4.14. The van der Waals surface area contributed by atoms with Gasteiger partial charge in [0, 0.05) is 17.8 Å². The van der Waals surface area contributed by atoms with E-state index in [1.54, 1.807) is 4.90 Å². The van der Waals surface area contributed by atoms with Crippen LogP contribution in [0.25, 0.3) is 0 Å². The number of rotatable bonds is 1. The number of anilines is 1. The van der Waals surface area contributed by atoms with E-state index >= 15 is 0 Å². The topological polar surface area (TPSA) is 20.3 Å². The van der Waals surface area contributed by atoms with Gasteiger partial charge >= 0.3 is 0 Å². The number of carbonyl (C=O) groups excluding carboxylic acids is 1. The number of alkyl halides is 1. The van der Waals surface area contributed by atoms with Crippen LogP contribution < -0.4 is 4.90 Å². The molecule has 0 bridgehead atoms. The molecular weight excluding hydrogens is 277 g/mol. The van der Waals surface area contributed by atoms with E-state index in [0.29, 0.717) is 18.0 Å². The molecule has 1 aliphatic heterocycles. The number of amides is 1. The Morgan fingerprint density at radius 3 is 2.80 bits per heavy atom. The van der Waals surface area contributed by atoms with E-state index in [2.05, 4.69) is 15.9 Å². The second-order valence-electron chi connectivity index (χ2n) is 3.71. The lowest BCUT2D eigenvalue weighted by atomic mass is 10.2. The summed E-state index contributed by atoms with van der Waals surface area (Å²) in [4.78, 5) is 13.7. The van der Waals surface area contributed by atoms with E-state index in [-0.39, 0.29) is 10.7 Å². The Morgan fingerprint density at radius 2 is 2.27 bits per heavy atom. The van der Waals surface area contributed by atoms with Gasteiger partial charge in [0.15, 0.2) is 0 Å². The molecular formula is C11H11BrClNO. The number of nitrogens with zero attached hydrogens (tertiary/aromatic N) is 1. The van der Waals surface area contributed by atoms with Crippen molar-refractivity contribution in [2.75, 3.05) is 11.4 Å². The normalized spacial score (nSPS) is 21.1. The zero-order valence-corrected chi connectivity index (χ0v) is 10.7. The van der Waals surface area contributed by atoms with E-state index in [1.165, 1.54) is 0 Å². The highest BCUT2D eigenvalue weighted by atomic mass is 79.9. The highest BCUT2D eigenvalue weighted by molar-refractivity contribution is 9.09. The molecule has 4 heteroatoms. The van der Waals surface area contributed by atoms with Gasteiger partial charge < -0.3 is 4.90 Å². The SMILES string of the molecule is Cc1cccc(Cl)c1N1CC(Br)CC1=O. The molecule has 2 rings (SSSR count). The Labute approximate surface area is 102 Å². The van der Waals surface area contributed by atoms with Crippen molar-refractivity contribution in [1.29, 1.82) is 0 Å². The second-order valence-corrected chi connectivity index (χ2v) is 5.41. The van der Waals surface area contributed by atoms with Crippen LogP contribution in [0.5, 0.6) is 0 Å². The van der Waals surface area contributed by atoms with Gasteiger partial charge in [-0.2, -0.15) is 0 Å². The van der Waals surface area contributed by atoms with Crippen LogP contribution in [0.2, 0.25) is 5.02 Å². The van der Waals surface area contributed by atoms with Gasteiger partial charge in [-0.1, -0.05) is 39.7 Å². The molecule has 0 aliphatic carbocycles. The van der Waals surface area contributed by atoms with Gasteiger partial charge in [0.25, 0.3) is 0 Å². The van der Waals surface area contributed by atoms with Crippen LogP contribution in [0.3, 0.4) is 0 Å². The predicted octanol–water partition coefficient (Wildman–Crippen LogP) is 3.15. The van der Waals surface area contributed by atoms with Crippen molar-refractivity contribution in [1.82, 2.24) is 0 Å². The number of halogens is 2. The average Bonchev–Trinajstić information content (AvgIpc) is 2.45. The molecule has 1 aromatic carbocycles. The van der Waals surface area contributed by atoms with Crippen molar-refractivity contribution < 1.29 is 4.79 Å². The smallest absolute Gasteiger partial charge is 0.228 e. The van der Waals surface area contributed by atoms with Crippen LogP contribution in [0.15, 0.2) is 18.2 Å². The molecule has 0 spiro atoms. The van der Waals surface area contributed by atoms with Crippen molar-refractivity contribution in [3.63, 3.8) is 0 Å². The summed E-state index contributed by atoms with van der Waals surface area (Å²) in [5.74, 6) is 0.132. The Bertz CT molecular complexity index is 387. The first-order valence-corrected chi connectivity index (χ1v) is 6.08. The summed E-state index contributed by atoms with van der Waals surface area (Å²) in [5.41, 5.74) is 1.89. The van der Waals surface area contributed by atoms with Crippen LogP contribution in [-0.2, 0) is 4.79 Å². The number of para-hydroxylation sites is 1. The lowest BCUT2D eigenvalue weighted by Gasteiger charge is -2.19. The zero-order valence-electron chi connectivity index (χ0n) is 8.34. The lowest BCUT2D eigenvalue weighted by Crippen LogP contribution is -2.25. The van der Waals surface area contributed by atoms with Crippen LogP contribution in [-0.4, -0.2) is 17.3 Å². The fraction of sp³-hybridized carbons (Fsp3) is 0.364. The van der Waals surface area contributed by atoms with Gasteiger partial charge in [-0.15, -0.1) is 0 Å². The molecule has 1 aromatic rings. The quantitative estimate of drug-likeness (QED) is 0.727. The fourth-order valence-electron chi connectivity index (χ4n) is 1.85. The average molecular weight is 289 g/mol. The molecule has 1 saturated heterocycles. The molecule has 15 heavy (non-hydrogen) atoms. The molecule has 0 aromatic heterocycles. The van der Waals surface area contributed by atoms with Gasteiger partial charge in [0.05, 0.1) is 10.7 Å². The fourth-order valence-corrected chi connectivity index (χ4v) is 2.74. The maximum atomic E-state index is 11.7. The maximum absolute atomic E-state index is 11.7. The van der Waals surface area contributed by atoms with Gasteiger partial charge in [0.1, 0.15) is 0 Å². The van der Waals surface area contributed by atoms with E-state index in [9.17, 15) is 4.79 Å². The van der Waals surface area contributed by atoms with Crippen LogP contribution in [0.1, 0.15) is 12.0 Å². The van der Waals surface area contributed by atoms with Gasteiger partial charge in [-0.05, 0) is 18.6 Å². The Kier molecular flexibility index (Phi) is 3.03. The molecule has 1 amide bonds. The summed E-state index contributed by atoms with van der Waals surface area (Å²) in [5, 5.41) is 0.643. The molecule has 0 saturated carbocycles. The lowest BCUT2D eigenvalue weighted by molar-refractivity contribution is -0.117. The van der Waals surface area contributed by atoms with Crippen molar-refractivity contribution in [3.05, 3.63) is 28.8 Å². The van der Waals surface area contributed by atoms with Gasteiger partial charge in [0.2, 0.25) is 5.91 Å². The molecule has 1 fully saturated rings. The predicted molar refractivity (Wildman–Crippen MR) is 65.9 cm³/mol. The molecule has 2 nitrogen and oxygen atoms in total. The molecule has 0 N–H and O–H groups in total. The number of carbonyl (C=O) groups is 1. The van der Waals surface area contributed by atoms with Gasteiger partial charge in [-0.3, -0.25) is 4.79 Å². The highest BCUT2D eigenvalue weighted by Crippen LogP contribution is 2.33. The van der Waals surface area contributed by atoms with Crippen LogP contribution >= 0.6 is 27.5 Å². The minimum atomic E-state index is 0.132. The third-order valence-corrected chi connectivity index (χ3v) is 3.45. The highest BCUT2D eigenvalue weighted by Gasteiger charge is 2.30. The first-order valence-electron chi connectivity index (χ1n) is 4.79. The number of aryl methyl sites for hydroxylation is 1. The Hall–Kier alpha value is -0.540. The third kappa shape index (κ3) is 2.04. The molecule has 1 aliphatic rings. The van der Waals surface area contributed by atoms with Crippen molar-refractivity contribution in [2.45, 2.75) is 18.2 Å². The summed E-state index contributed by atoms with van der Waals surface area (Å²) in [7, 11) is 0. The van der Waals surface area contributed by atoms with Gasteiger partial charge in [-0.25, -0.2) is 0 Å². The monoisotopic (exact) mass is 287 g/mol. The minimum absolute atomic E-state index is 0.132. The molecule has 80 valence electrons. The van der Waals surface area contributed by atoms with E-state index in [0.717, 1.165) is 11.3 Å². The number of benzene rings is 1. The molecule has 0 radical (unpaired) electrons. The largest absolute Gasteiger partial charge is 0.310 e. The van der Waals surface area contributed by atoms with Crippen LogP contribution in [0.4, 0.5) is 5.69 Å². The minimum Gasteiger partial charge on any atom is -0.310 e. The van der Waals surface area contributed by atoms with E-state index in [1.807, 2.05) is 25.1 Å². The summed E-state index contributed by atoms with van der Waals surface area (Å²) in [6, 6.07) is 5.68. The molecule has 1 unspecified atom stereocenters. The van der Waals surface area contributed by atoms with Crippen molar-refractivity contribution in [2.24, 2.45) is 0 Å². The van der Waals surface area contributed by atoms with Crippen molar-refractivity contribution in [3.8, 4) is 0 Å². The molecule has 1 heterocycles. The summed E-state index contributed by atoms with van der Waals surface area (Å²) >= 11 is 9.57. The summed E-state index contributed by atoms with van der Waals surface area (Å²) in [6.45, 7) is 2.67. The first kappa shape index (κ1) is 11.0. The molecule has 1 atom stereocenters. The maximum Gasteiger partial charge on any atom is 0.228 e. The van der Waals surface area contributed by atoms with Crippen LogP contribution in [0, 0.1) is 6.92 Å². The van der Waals surface area contributed by atoms with E-state index < -0.39 is 0 Å². The Morgan fingerprint density at radius 1 is 1.53 bits per heavy atom. The third-order valence-electron chi connectivity index (χ3n) is 2.54. The first-order chi connectivity index (χ1) is 7.09. The Balaban J connectivity index is 2.41. The number of hydrogen-bond donors (Lipinski definition) is 0. The standard InChI is InChI=1S/C11H11BrClNO/c1-7-3-2-4-9(13)11(7)14-6-8(12)5-10(14)15/h2-4,8H,5-6H2,1H3. The summed E-state index contributed by atoms with van der Waals surface area (Å²) < 4.78 is 0. The summed E-state index contributed by atoms with van der Waals surface area (Å²) in [6.07, 6.45) is 0.546. The van der Waals surface area contributed by atoms with Crippen molar-refractivity contribution >= 4 is 39.1 Å².